The van der Waals surface area contributed by atoms with E-state index in [9.17, 15) is 0 Å². The first-order valence-electron chi connectivity index (χ1n) is 7.54. The van der Waals surface area contributed by atoms with Gasteiger partial charge in [-0.15, -0.1) is 0 Å². The van der Waals surface area contributed by atoms with Crippen LogP contribution in [0.5, 0.6) is 0 Å². The Kier molecular flexibility index (Phi) is 4.68. The minimum atomic E-state index is 0.122. The van der Waals surface area contributed by atoms with Crippen molar-refractivity contribution in [3.63, 3.8) is 0 Å². The van der Waals surface area contributed by atoms with E-state index in [1.807, 2.05) is 29.8 Å². The Balaban J connectivity index is 2.60. The molecule has 1 aromatic carbocycles. The predicted molar refractivity (Wildman–Crippen MR) is 89.2 cm³/mol. The topological polar surface area (TPSA) is 47.1 Å². The Morgan fingerprint density at radius 2 is 1.81 bits per heavy atom. The van der Waals surface area contributed by atoms with E-state index in [0.717, 1.165) is 23.6 Å². The molecule has 2 N–H and O–H groups in total. The van der Waals surface area contributed by atoms with Crippen LogP contribution in [0.4, 0.5) is 5.82 Å². The first-order chi connectivity index (χ1) is 9.91. The summed E-state index contributed by atoms with van der Waals surface area (Å²) in [6, 6.07) is 10.8. The monoisotopic (exact) mass is 286 g/mol. The van der Waals surface area contributed by atoms with Gasteiger partial charge in [0.25, 0.3) is 0 Å². The van der Waals surface area contributed by atoms with Crippen LogP contribution in [0.1, 0.15) is 32.0 Å². The van der Waals surface area contributed by atoms with Crippen molar-refractivity contribution in [2.75, 3.05) is 11.9 Å². The van der Waals surface area contributed by atoms with Crippen LogP contribution in [-0.4, -0.2) is 28.9 Å². The summed E-state index contributed by atoms with van der Waals surface area (Å²) in [5.74, 6) is 1.14. The molecule has 0 aliphatic heterocycles. The SMILES string of the molecule is Cc1nn(-c2ccccc2)c(N(C)C(C)C)c1CC(C)N. The van der Waals surface area contributed by atoms with Crippen LogP contribution in [0, 0.1) is 6.92 Å². The molecule has 2 aromatic rings. The molecule has 0 aliphatic rings. The van der Waals surface area contributed by atoms with Gasteiger partial charge in [-0.2, -0.15) is 5.10 Å². The van der Waals surface area contributed by atoms with E-state index in [1.54, 1.807) is 0 Å². The Bertz CT molecular complexity index is 584. The molecule has 1 heterocycles. The van der Waals surface area contributed by atoms with Crippen molar-refractivity contribution in [3.8, 4) is 5.69 Å². The van der Waals surface area contributed by atoms with E-state index < -0.39 is 0 Å². The lowest BCUT2D eigenvalue weighted by molar-refractivity contribution is 0.699. The van der Waals surface area contributed by atoms with Crippen LogP contribution >= 0.6 is 0 Å². The van der Waals surface area contributed by atoms with Gasteiger partial charge in [-0.3, -0.25) is 0 Å². The summed E-state index contributed by atoms with van der Waals surface area (Å²) in [4.78, 5) is 2.27. The molecule has 0 radical (unpaired) electrons. The molecular weight excluding hydrogens is 260 g/mol. The van der Waals surface area contributed by atoms with Gasteiger partial charge in [-0.05, 0) is 46.2 Å². The summed E-state index contributed by atoms with van der Waals surface area (Å²) < 4.78 is 2.03. The van der Waals surface area contributed by atoms with Gasteiger partial charge < -0.3 is 10.6 Å². The van der Waals surface area contributed by atoms with E-state index in [2.05, 4.69) is 44.9 Å². The molecule has 4 nitrogen and oxygen atoms in total. The molecule has 21 heavy (non-hydrogen) atoms. The molecule has 0 saturated heterocycles. The van der Waals surface area contributed by atoms with Crippen molar-refractivity contribution in [2.45, 2.75) is 46.2 Å². The summed E-state index contributed by atoms with van der Waals surface area (Å²) in [6.45, 7) is 8.48. The molecule has 0 bridgehead atoms. The zero-order valence-electron chi connectivity index (χ0n) is 13.7. The van der Waals surface area contributed by atoms with Crippen molar-refractivity contribution < 1.29 is 0 Å². The first-order valence-corrected chi connectivity index (χ1v) is 7.54. The standard InChI is InChI=1S/C17H26N4/c1-12(2)20(5)17-16(11-13(3)18)14(4)19-21(17)15-9-7-6-8-10-15/h6-10,12-13H,11,18H2,1-5H3. The number of aromatic nitrogens is 2. The highest BCUT2D eigenvalue weighted by molar-refractivity contribution is 5.55. The van der Waals surface area contributed by atoms with Crippen molar-refractivity contribution in [3.05, 3.63) is 41.6 Å². The van der Waals surface area contributed by atoms with E-state index in [-0.39, 0.29) is 6.04 Å². The smallest absolute Gasteiger partial charge is 0.135 e. The first kappa shape index (κ1) is 15.6. The van der Waals surface area contributed by atoms with E-state index in [4.69, 9.17) is 10.8 Å². The van der Waals surface area contributed by atoms with Gasteiger partial charge in [-0.25, -0.2) is 4.68 Å². The third-order valence-corrected chi connectivity index (χ3v) is 3.79. The van der Waals surface area contributed by atoms with Crippen molar-refractivity contribution in [1.29, 1.82) is 0 Å². The molecule has 0 saturated carbocycles. The van der Waals surface area contributed by atoms with Crippen LogP contribution in [0.25, 0.3) is 5.69 Å². The van der Waals surface area contributed by atoms with Gasteiger partial charge >= 0.3 is 0 Å². The number of anilines is 1. The van der Waals surface area contributed by atoms with E-state index >= 15 is 0 Å². The largest absolute Gasteiger partial charge is 0.357 e. The van der Waals surface area contributed by atoms with E-state index in [1.165, 1.54) is 5.56 Å². The second-order valence-electron chi connectivity index (χ2n) is 6.02. The maximum atomic E-state index is 6.03. The Hall–Kier alpha value is -1.81. The average molecular weight is 286 g/mol. The van der Waals surface area contributed by atoms with Crippen LogP contribution in [0.2, 0.25) is 0 Å². The summed E-state index contributed by atoms with van der Waals surface area (Å²) in [7, 11) is 2.12. The maximum absolute atomic E-state index is 6.03. The molecule has 1 atom stereocenters. The zero-order chi connectivity index (χ0) is 15.6. The lowest BCUT2D eigenvalue weighted by Crippen LogP contribution is -2.30. The number of para-hydroxylation sites is 1. The van der Waals surface area contributed by atoms with Crippen LogP contribution < -0.4 is 10.6 Å². The zero-order valence-corrected chi connectivity index (χ0v) is 13.7. The molecule has 0 fully saturated rings. The summed E-state index contributed by atoms with van der Waals surface area (Å²) >= 11 is 0. The molecule has 0 spiro atoms. The highest BCUT2D eigenvalue weighted by Crippen LogP contribution is 2.28. The number of hydrogen-bond acceptors (Lipinski definition) is 3. The Labute approximate surface area is 127 Å². The lowest BCUT2D eigenvalue weighted by atomic mass is 10.1. The molecule has 1 unspecified atom stereocenters. The Morgan fingerprint density at radius 3 is 2.33 bits per heavy atom. The molecular formula is C17H26N4. The fourth-order valence-corrected chi connectivity index (χ4v) is 2.46. The minimum absolute atomic E-state index is 0.122. The number of nitrogens with zero attached hydrogens (tertiary/aromatic N) is 3. The number of nitrogens with two attached hydrogens (primary N) is 1. The predicted octanol–water partition coefficient (Wildman–Crippen LogP) is 2.92. The minimum Gasteiger partial charge on any atom is -0.357 e. The maximum Gasteiger partial charge on any atom is 0.135 e. The number of benzene rings is 1. The molecule has 0 amide bonds. The van der Waals surface area contributed by atoms with Crippen LogP contribution in [-0.2, 0) is 6.42 Å². The fourth-order valence-electron chi connectivity index (χ4n) is 2.46. The number of hydrogen-bond donors (Lipinski definition) is 1. The quantitative estimate of drug-likeness (QED) is 0.919. The second-order valence-corrected chi connectivity index (χ2v) is 6.02. The normalized spacial score (nSPS) is 12.7. The van der Waals surface area contributed by atoms with Crippen molar-refractivity contribution in [2.24, 2.45) is 5.73 Å². The third kappa shape index (κ3) is 3.27. The average Bonchev–Trinajstić information content (AvgIpc) is 2.75. The summed E-state index contributed by atoms with van der Waals surface area (Å²) in [5.41, 5.74) is 9.41. The molecule has 114 valence electrons. The van der Waals surface area contributed by atoms with Gasteiger partial charge in [0.05, 0.1) is 11.4 Å². The van der Waals surface area contributed by atoms with Crippen LogP contribution in [0.15, 0.2) is 30.3 Å². The van der Waals surface area contributed by atoms with Gasteiger partial charge in [0.2, 0.25) is 0 Å². The summed E-state index contributed by atoms with van der Waals surface area (Å²) in [5, 5.41) is 4.76. The second kappa shape index (κ2) is 6.31. The third-order valence-electron chi connectivity index (χ3n) is 3.79. The van der Waals surface area contributed by atoms with Gasteiger partial charge in [-0.1, -0.05) is 18.2 Å². The van der Waals surface area contributed by atoms with Gasteiger partial charge in [0.1, 0.15) is 5.82 Å². The van der Waals surface area contributed by atoms with Crippen LogP contribution in [0.3, 0.4) is 0 Å². The van der Waals surface area contributed by atoms with Crippen molar-refractivity contribution in [1.82, 2.24) is 9.78 Å². The molecule has 1 aromatic heterocycles. The fraction of sp³-hybridized carbons (Fsp3) is 0.471. The number of rotatable bonds is 5. The molecule has 0 aliphatic carbocycles. The highest BCUT2D eigenvalue weighted by atomic mass is 15.4. The summed E-state index contributed by atoms with van der Waals surface area (Å²) in [6.07, 6.45) is 0.838. The highest BCUT2D eigenvalue weighted by Gasteiger charge is 2.21. The Morgan fingerprint density at radius 1 is 1.19 bits per heavy atom. The number of aryl methyl sites for hydroxylation is 1. The van der Waals surface area contributed by atoms with E-state index in [0.29, 0.717) is 6.04 Å². The van der Waals surface area contributed by atoms with Gasteiger partial charge in [0.15, 0.2) is 0 Å². The molecule has 2 rings (SSSR count). The molecule has 4 heteroatoms. The lowest BCUT2D eigenvalue weighted by Gasteiger charge is -2.26. The van der Waals surface area contributed by atoms with Crippen molar-refractivity contribution >= 4 is 5.82 Å². The van der Waals surface area contributed by atoms with Gasteiger partial charge in [0, 0.05) is 24.7 Å².